The predicted octanol–water partition coefficient (Wildman–Crippen LogP) is 3.31. The molecule has 0 radical (unpaired) electrons. The van der Waals surface area contributed by atoms with Crippen LogP contribution in [0.25, 0.3) is 0 Å². The first-order valence-electron chi connectivity index (χ1n) is 6.64. The van der Waals surface area contributed by atoms with Gasteiger partial charge in [0.2, 0.25) is 0 Å². The topological polar surface area (TPSA) is 38.5 Å². The normalized spacial score (nSPS) is 16.4. The summed E-state index contributed by atoms with van der Waals surface area (Å²) in [5.41, 5.74) is 11.0. The van der Waals surface area contributed by atoms with Crippen LogP contribution in [0.3, 0.4) is 0 Å². The molecule has 2 rings (SSSR count). The number of hydrogen-bond donors (Lipinski definition) is 1. The zero-order chi connectivity index (χ0) is 14.4. The van der Waals surface area contributed by atoms with Gasteiger partial charge in [0, 0.05) is 23.6 Å². The Bertz CT molecular complexity index is 510. The number of anilines is 1. The van der Waals surface area contributed by atoms with E-state index in [4.69, 9.17) is 10.5 Å². The van der Waals surface area contributed by atoms with Gasteiger partial charge in [0.25, 0.3) is 0 Å². The largest absolute Gasteiger partial charge is 0.494 e. The lowest BCUT2D eigenvalue weighted by Crippen LogP contribution is -2.37. The van der Waals surface area contributed by atoms with Gasteiger partial charge in [-0.1, -0.05) is 15.9 Å². The van der Waals surface area contributed by atoms with Crippen LogP contribution in [-0.2, 0) is 0 Å². The van der Waals surface area contributed by atoms with Crippen molar-refractivity contribution in [1.29, 1.82) is 0 Å². The summed E-state index contributed by atoms with van der Waals surface area (Å²) >= 11 is 3.69. The standard InChI is InChI=1S/C15H23BrN2O/c1-9-10(2)14(19-5)13(11(3)12(9)16)18(4)8-15(17)6-7-15/h6-8,17H2,1-5H3. The van der Waals surface area contributed by atoms with Gasteiger partial charge < -0.3 is 15.4 Å². The first-order valence-corrected chi connectivity index (χ1v) is 7.43. The third-order valence-electron chi connectivity index (χ3n) is 4.16. The first-order chi connectivity index (χ1) is 8.80. The quantitative estimate of drug-likeness (QED) is 0.922. The molecule has 3 nitrogen and oxygen atoms in total. The van der Waals surface area contributed by atoms with Gasteiger partial charge in [-0.15, -0.1) is 0 Å². The van der Waals surface area contributed by atoms with Crippen LogP contribution in [0.4, 0.5) is 5.69 Å². The smallest absolute Gasteiger partial charge is 0.145 e. The number of likely N-dealkylation sites (N-methyl/N-ethyl adjacent to an activating group) is 1. The number of benzene rings is 1. The Balaban J connectivity index is 2.48. The van der Waals surface area contributed by atoms with Crippen LogP contribution in [-0.4, -0.2) is 26.2 Å². The number of ether oxygens (including phenoxy) is 1. The second-order valence-electron chi connectivity index (χ2n) is 5.79. The third-order valence-corrected chi connectivity index (χ3v) is 5.35. The number of nitrogens with zero attached hydrogens (tertiary/aromatic N) is 1. The molecule has 1 aliphatic carbocycles. The summed E-state index contributed by atoms with van der Waals surface area (Å²) in [5.74, 6) is 0.963. The molecule has 0 spiro atoms. The maximum Gasteiger partial charge on any atom is 0.145 e. The van der Waals surface area contributed by atoms with Crippen LogP contribution in [0.1, 0.15) is 29.5 Å². The average Bonchev–Trinajstić information content (AvgIpc) is 3.08. The molecule has 0 aromatic heterocycles. The maximum absolute atomic E-state index is 6.24. The van der Waals surface area contributed by atoms with E-state index in [2.05, 4.69) is 48.6 Å². The fourth-order valence-corrected chi connectivity index (χ4v) is 3.13. The highest BCUT2D eigenvalue weighted by Gasteiger charge is 2.39. The van der Waals surface area contributed by atoms with E-state index in [1.807, 2.05) is 0 Å². The van der Waals surface area contributed by atoms with Gasteiger partial charge in [0.05, 0.1) is 12.8 Å². The lowest BCUT2D eigenvalue weighted by molar-refractivity contribution is 0.410. The van der Waals surface area contributed by atoms with Crippen LogP contribution in [0.2, 0.25) is 0 Å². The Labute approximate surface area is 124 Å². The summed E-state index contributed by atoms with van der Waals surface area (Å²) in [6.45, 7) is 7.22. The van der Waals surface area contributed by atoms with Crippen LogP contribution >= 0.6 is 15.9 Å². The molecule has 0 amide bonds. The first kappa shape index (κ1) is 14.7. The van der Waals surface area contributed by atoms with Crippen molar-refractivity contribution >= 4 is 21.6 Å². The van der Waals surface area contributed by atoms with Gasteiger partial charge in [-0.3, -0.25) is 0 Å². The maximum atomic E-state index is 6.24. The second-order valence-corrected chi connectivity index (χ2v) is 6.58. The summed E-state index contributed by atoms with van der Waals surface area (Å²) in [5, 5.41) is 0. The Morgan fingerprint density at radius 2 is 1.79 bits per heavy atom. The summed E-state index contributed by atoms with van der Waals surface area (Å²) in [6.07, 6.45) is 2.23. The van der Waals surface area contributed by atoms with Gasteiger partial charge in [-0.25, -0.2) is 0 Å². The molecule has 1 fully saturated rings. The molecule has 1 aromatic rings. The Morgan fingerprint density at radius 3 is 2.26 bits per heavy atom. The van der Waals surface area contributed by atoms with Crippen molar-refractivity contribution in [1.82, 2.24) is 0 Å². The van der Waals surface area contributed by atoms with Crippen molar-refractivity contribution in [2.75, 3.05) is 25.6 Å². The molecule has 0 saturated heterocycles. The van der Waals surface area contributed by atoms with E-state index in [9.17, 15) is 0 Å². The molecule has 0 unspecified atom stereocenters. The SMILES string of the molecule is COc1c(C)c(C)c(Br)c(C)c1N(C)CC1(N)CC1. The van der Waals surface area contributed by atoms with E-state index >= 15 is 0 Å². The summed E-state index contributed by atoms with van der Waals surface area (Å²) in [7, 11) is 3.83. The fourth-order valence-electron chi connectivity index (χ4n) is 2.65. The second kappa shape index (κ2) is 4.98. The van der Waals surface area contributed by atoms with Crippen molar-refractivity contribution in [2.45, 2.75) is 39.2 Å². The fraction of sp³-hybridized carbons (Fsp3) is 0.600. The number of nitrogens with two attached hydrogens (primary N) is 1. The lowest BCUT2D eigenvalue weighted by Gasteiger charge is -2.29. The number of methoxy groups -OCH3 is 1. The van der Waals surface area contributed by atoms with E-state index in [1.165, 1.54) is 16.7 Å². The third kappa shape index (κ3) is 2.61. The number of halogens is 1. The van der Waals surface area contributed by atoms with Gasteiger partial charge >= 0.3 is 0 Å². The lowest BCUT2D eigenvalue weighted by atomic mass is 10.0. The molecule has 1 aromatic carbocycles. The molecule has 0 bridgehead atoms. The zero-order valence-electron chi connectivity index (χ0n) is 12.4. The molecule has 0 atom stereocenters. The molecule has 4 heteroatoms. The van der Waals surface area contributed by atoms with Gasteiger partial charge in [0.1, 0.15) is 5.75 Å². The summed E-state index contributed by atoms with van der Waals surface area (Å²) < 4.78 is 6.81. The van der Waals surface area contributed by atoms with Gasteiger partial charge in [0.15, 0.2) is 0 Å². The molecule has 2 N–H and O–H groups in total. The zero-order valence-corrected chi connectivity index (χ0v) is 14.0. The van der Waals surface area contributed by atoms with Crippen LogP contribution in [0, 0.1) is 20.8 Å². The molecule has 19 heavy (non-hydrogen) atoms. The monoisotopic (exact) mass is 326 g/mol. The van der Waals surface area contributed by atoms with Crippen molar-refractivity contribution in [2.24, 2.45) is 5.73 Å². The highest BCUT2D eigenvalue weighted by Crippen LogP contribution is 2.43. The molecule has 1 aliphatic rings. The molecular formula is C15H23BrN2O. The van der Waals surface area contributed by atoms with Crippen molar-refractivity contribution in [3.63, 3.8) is 0 Å². The van der Waals surface area contributed by atoms with E-state index < -0.39 is 0 Å². The van der Waals surface area contributed by atoms with E-state index in [-0.39, 0.29) is 5.54 Å². The number of hydrogen-bond acceptors (Lipinski definition) is 3. The van der Waals surface area contributed by atoms with Crippen molar-refractivity contribution < 1.29 is 4.74 Å². The summed E-state index contributed by atoms with van der Waals surface area (Å²) in [4.78, 5) is 2.23. The van der Waals surface area contributed by atoms with Crippen LogP contribution in [0.5, 0.6) is 5.75 Å². The van der Waals surface area contributed by atoms with Crippen LogP contribution < -0.4 is 15.4 Å². The van der Waals surface area contributed by atoms with E-state index in [1.54, 1.807) is 7.11 Å². The van der Waals surface area contributed by atoms with E-state index in [0.717, 1.165) is 35.3 Å². The minimum Gasteiger partial charge on any atom is -0.494 e. The van der Waals surface area contributed by atoms with E-state index in [0.29, 0.717) is 0 Å². The molecule has 106 valence electrons. The van der Waals surface area contributed by atoms with Gasteiger partial charge in [-0.05, 0) is 50.3 Å². The van der Waals surface area contributed by atoms with Crippen molar-refractivity contribution in [3.8, 4) is 5.75 Å². The average molecular weight is 327 g/mol. The highest BCUT2D eigenvalue weighted by atomic mass is 79.9. The Kier molecular flexibility index (Phi) is 3.85. The van der Waals surface area contributed by atoms with Crippen molar-refractivity contribution in [3.05, 3.63) is 21.2 Å². The van der Waals surface area contributed by atoms with Crippen LogP contribution in [0.15, 0.2) is 4.47 Å². The minimum atomic E-state index is -0.00251. The highest BCUT2D eigenvalue weighted by molar-refractivity contribution is 9.10. The Hall–Kier alpha value is -0.740. The minimum absolute atomic E-state index is 0.00251. The molecule has 1 saturated carbocycles. The molecule has 0 aliphatic heterocycles. The summed E-state index contributed by atoms with van der Waals surface area (Å²) in [6, 6.07) is 0. The van der Waals surface area contributed by atoms with Gasteiger partial charge in [-0.2, -0.15) is 0 Å². The predicted molar refractivity (Wildman–Crippen MR) is 84.3 cm³/mol. The number of rotatable bonds is 4. The molecule has 0 heterocycles. The Morgan fingerprint density at radius 1 is 1.21 bits per heavy atom. The molecular weight excluding hydrogens is 304 g/mol.